The fourth-order valence-corrected chi connectivity index (χ4v) is 3.06. The molecule has 25 heavy (non-hydrogen) atoms. The Balaban J connectivity index is 1.40. The highest BCUT2D eigenvalue weighted by atomic mass is 16.2. The van der Waals surface area contributed by atoms with Crippen molar-refractivity contribution in [3.8, 4) is 0 Å². The van der Waals surface area contributed by atoms with E-state index in [4.69, 9.17) is 0 Å². The van der Waals surface area contributed by atoms with Crippen LogP contribution in [0.1, 0.15) is 27.3 Å². The van der Waals surface area contributed by atoms with Crippen molar-refractivity contribution in [3.63, 3.8) is 0 Å². The van der Waals surface area contributed by atoms with Crippen LogP contribution in [-0.2, 0) is 0 Å². The standard InChI is InChI=1S/C18H17N5O2/c24-17(12-4-5-14-16(9-12)21-11-20-14)22-13-6-8-23(10-13)18(25)15-3-1-2-7-19-15/h1-5,7,9,11,13H,6,8,10H2,(H,20,21)(H,22,24)/t13-/m1/s1. The summed E-state index contributed by atoms with van der Waals surface area (Å²) in [4.78, 5) is 37.8. The molecule has 7 heteroatoms. The number of carbonyl (C=O) groups is 2. The van der Waals surface area contributed by atoms with E-state index in [0.717, 1.165) is 17.5 Å². The number of nitrogens with zero attached hydrogens (tertiary/aromatic N) is 3. The molecule has 1 fully saturated rings. The van der Waals surface area contributed by atoms with Crippen LogP contribution in [0.5, 0.6) is 0 Å². The summed E-state index contributed by atoms with van der Waals surface area (Å²) in [6, 6.07) is 10.6. The van der Waals surface area contributed by atoms with E-state index in [1.807, 2.05) is 6.07 Å². The van der Waals surface area contributed by atoms with Gasteiger partial charge in [0.05, 0.1) is 17.4 Å². The van der Waals surface area contributed by atoms with Gasteiger partial charge in [-0.3, -0.25) is 14.6 Å². The summed E-state index contributed by atoms with van der Waals surface area (Å²) in [6.07, 6.45) is 3.94. The van der Waals surface area contributed by atoms with E-state index in [1.165, 1.54) is 0 Å². The van der Waals surface area contributed by atoms with E-state index >= 15 is 0 Å². The molecule has 1 aliphatic rings. The first-order valence-electron chi connectivity index (χ1n) is 8.15. The van der Waals surface area contributed by atoms with Gasteiger partial charge >= 0.3 is 0 Å². The van der Waals surface area contributed by atoms with Gasteiger partial charge in [-0.1, -0.05) is 6.07 Å². The van der Waals surface area contributed by atoms with Gasteiger partial charge in [-0.05, 0) is 36.8 Å². The molecule has 3 heterocycles. The number of nitrogens with one attached hydrogen (secondary N) is 2. The highest BCUT2D eigenvalue weighted by Crippen LogP contribution is 2.15. The summed E-state index contributed by atoms with van der Waals surface area (Å²) < 4.78 is 0. The number of benzene rings is 1. The molecule has 0 bridgehead atoms. The van der Waals surface area contributed by atoms with Crippen molar-refractivity contribution < 1.29 is 9.59 Å². The normalized spacial score (nSPS) is 17.0. The van der Waals surface area contributed by atoms with Gasteiger partial charge in [0, 0.05) is 30.9 Å². The van der Waals surface area contributed by atoms with Crippen molar-refractivity contribution in [3.05, 3.63) is 60.2 Å². The topological polar surface area (TPSA) is 91.0 Å². The van der Waals surface area contributed by atoms with Crippen molar-refractivity contribution in [2.24, 2.45) is 0 Å². The summed E-state index contributed by atoms with van der Waals surface area (Å²) in [5.41, 5.74) is 2.65. The summed E-state index contributed by atoms with van der Waals surface area (Å²) in [7, 11) is 0. The maximum Gasteiger partial charge on any atom is 0.272 e. The fourth-order valence-electron chi connectivity index (χ4n) is 3.06. The molecule has 0 saturated carbocycles. The van der Waals surface area contributed by atoms with Gasteiger partial charge in [-0.15, -0.1) is 0 Å². The van der Waals surface area contributed by atoms with Crippen LogP contribution in [0.15, 0.2) is 48.9 Å². The van der Waals surface area contributed by atoms with Crippen molar-refractivity contribution in [2.45, 2.75) is 12.5 Å². The van der Waals surface area contributed by atoms with Crippen LogP contribution in [0, 0.1) is 0 Å². The third-order valence-corrected chi connectivity index (χ3v) is 4.38. The lowest BCUT2D eigenvalue weighted by atomic mass is 10.1. The minimum atomic E-state index is -0.145. The van der Waals surface area contributed by atoms with E-state index in [0.29, 0.717) is 24.3 Å². The minimum absolute atomic E-state index is 0.0578. The number of imidazole rings is 1. The average molecular weight is 335 g/mol. The first-order valence-corrected chi connectivity index (χ1v) is 8.15. The SMILES string of the molecule is O=C(N[C@@H]1CCN(C(=O)c2ccccn2)C1)c1ccc2nc[nH]c2c1. The van der Waals surface area contributed by atoms with Gasteiger partial charge in [0.25, 0.3) is 11.8 Å². The molecule has 7 nitrogen and oxygen atoms in total. The molecule has 1 aromatic carbocycles. The van der Waals surface area contributed by atoms with Crippen LogP contribution < -0.4 is 5.32 Å². The monoisotopic (exact) mass is 335 g/mol. The molecule has 0 spiro atoms. The number of hydrogen-bond donors (Lipinski definition) is 2. The molecule has 0 radical (unpaired) electrons. The zero-order chi connectivity index (χ0) is 17.2. The average Bonchev–Trinajstić information content (AvgIpc) is 3.30. The van der Waals surface area contributed by atoms with Crippen molar-refractivity contribution in [1.82, 2.24) is 25.2 Å². The predicted octanol–water partition coefficient (Wildman–Crippen LogP) is 1.60. The molecule has 2 amide bonds. The zero-order valence-electron chi connectivity index (χ0n) is 13.5. The lowest BCUT2D eigenvalue weighted by Crippen LogP contribution is -2.38. The van der Waals surface area contributed by atoms with Crippen LogP contribution in [0.25, 0.3) is 11.0 Å². The van der Waals surface area contributed by atoms with Gasteiger partial charge in [-0.25, -0.2) is 4.98 Å². The molecule has 1 saturated heterocycles. The van der Waals surface area contributed by atoms with Crippen LogP contribution in [0.2, 0.25) is 0 Å². The summed E-state index contributed by atoms with van der Waals surface area (Å²) >= 11 is 0. The Morgan fingerprint density at radius 1 is 1.20 bits per heavy atom. The smallest absolute Gasteiger partial charge is 0.272 e. The number of rotatable bonds is 3. The molecule has 0 unspecified atom stereocenters. The van der Waals surface area contributed by atoms with Crippen molar-refractivity contribution in [1.29, 1.82) is 0 Å². The molecule has 2 N–H and O–H groups in total. The van der Waals surface area contributed by atoms with Crippen LogP contribution >= 0.6 is 0 Å². The minimum Gasteiger partial charge on any atom is -0.347 e. The summed E-state index contributed by atoms with van der Waals surface area (Å²) in [5.74, 6) is -0.245. The quantitative estimate of drug-likeness (QED) is 0.761. The Labute approximate surface area is 144 Å². The number of hydrogen-bond acceptors (Lipinski definition) is 4. The Bertz CT molecular complexity index is 921. The third kappa shape index (κ3) is 3.08. The lowest BCUT2D eigenvalue weighted by Gasteiger charge is -2.16. The number of H-pyrrole nitrogens is 1. The second-order valence-corrected chi connectivity index (χ2v) is 6.06. The Hall–Kier alpha value is -3.22. The first kappa shape index (κ1) is 15.3. The molecule has 3 aromatic rings. The second kappa shape index (κ2) is 6.35. The maximum absolute atomic E-state index is 12.5. The first-order chi connectivity index (χ1) is 12.2. The van der Waals surface area contributed by atoms with E-state index in [9.17, 15) is 9.59 Å². The molecule has 2 aromatic heterocycles. The summed E-state index contributed by atoms with van der Waals surface area (Å²) in [6.45, 7) is 1.10. The fraction of sp³-hybridized carbons (Fsp3) is 0.222. The Morgan fingerprint density at radius 3 is 2.96 bits per heavy atom. The number of amides is 2. The Kier molecular flexibility index (Phi) is 3.89. The third-order valence-electron chi connectivity index (χ3n) is 4.38. The van der Waals surface area contributed by atoms with E-state index < -0.39 is 0 Å². The molecule has 0 aliphatic carbocycles. The van der Waals surface area contributed by atoms with Gasteiger partial charge < -0.3 is 15.2 Å². The van der Waals surface area contributed by atoms with E-state index in [1.54, 1.807) is 47.8 Å². The largest absolute Gasteiger partial charge is 0.347 e. The van der Waals surface area contributed by atoms with Gasteiger partial charge in [-0.2, -0.15) is 0 Å². The highest BCUT2D eigenvalue weighted by Gasteiger charge is 2.28. The number of fused-ring (bicyclic) bond motifs is 1. The van der Waals surface area contributed by atoms with Crippen molar-refractivity contribution in [2.75, 3.05) is 13.1 Å². The van der Waals surface area contributed by atoms with Crippen LogP contribution in [-0.4, -0.2) is 50.8 Å². The molecule has 126 valence electrons. The van der Waals surface area contributed by atoms with Crippen LogP contribution in [0.3, 0.4) is 0 Å². The van der Waals surface area contributed by atoms with E-state index in [2.05, 4.69) is 20.3 Å². The highest BCUT2D eigenvalue weighted by molar-refractivity contribution is 5.97. The zero-order valence-corrected chi connectivity index (χ0v) is 13.5. The van der Waals surface area contributed by atoms with Crippen molar-refractivity contribution >= 4 is 22.8 Å². The molecule has 1 atom stereocenters. The number of pyridine rings is 1. The van der Waals surface area contributed by atoms with Gasteiger partial charge in [0.1, 0.15) is 5.69 Å². The number of aromatic nitrogens is 3. The molecule has 4 rings (SSSR count). The molecular weight excluding hydrogens is 318 g/mol. The number of aromatic amines is 1. The second-order valence-electron chi connectivity index (χ2n) is 6.06. The maximum atomic E-state index is 12.5. The number of carbonyl (C=O) groups excluding carboxylic acids is 2. The molecule has 1 aliphatic heterocycles. The predicted molar refractivity (Wildman–Crippen MR) is 92.1 cm³/mol. The van der Waals surface area contributed by atoms with Crippen LogP contribution in [0.4, 0.5) is 0 Å². The van der Waals surface area contributed by atoms with Gasteiger partial charge in [0.15, 0.2) is 0 Å². The van der Waals surface area contributed by atoms with E-state index in [-0.39, 0.29) is 17.9 Å². The Morgan fingerprint density at radius 2 is 2.12 bits per heavy atom. The summed E-state index contributed by atoms with van der Waals surface area (Å²) in [5, 5.41) is 3.00. The molecular formula is C18H17N5O2. The number of likely N-dealkylation sites (tertiary alicyclic amines) is 1. The van der Waals surface area contributed by atoms with Gasteiger partial charge in [0.2, 0.25) is 0 Å². The lowest BCUT2D eigenvalue weighted by molar-refractivity contribution is 0.0777.